The molecule has 2 unspecified atom stereocenters. The van der Waals surface area contributed by atoms with E-state index in [1.807, 2.05) is 18.2 Å². The van der Waals surface area contributed by atoms with E-state index in [9.17, 15) is 4.39 Å². The number of hydrogen-bond donors (Lipinski definition) is 1. The SMILES string of the molecule is COc1cc2c(NC3=CC([I-]I)C(F)C=C3)ncnc2cc1OCCCCN(C)C. The number of nitrogens with one attached hydrogen (secondary N) is 1. The number of alkyl halides is 2. The predicted octanol–water partition coefficient (Wildman–Crippen LogP) is 1.37. The van der Waals surface area contributed by atoms with Crippen LogP contribution in [-0.2, 0) is 0 Å². The van der Waals surface area contributed by atoms with Crippen LogP contribution in [-0.4, -0.2) is 59.3 Å². The second-order valence-electron chi connectivity index (χ2n) is 7.18. The van der Waals surface area contributed by atoms with Gasteiger partial charge in [-0.25, -0.2) is 0 Å². The van der Waals surface area contributed by atoms with Crippen LogP contribution in [0, 0.1) is 0 Å². The topological polar surface area (TPSA) is 59.5 Å². The number of anilines is 1. The van der Waals surface area contributed by atoms with E-state index in [1.165, 1.54) is 6.33 Å². The summed E-state index contributed by atoms with van der Waals surface area (Å²) < 4.78 is 25.4. The zero-order valence-corrected chi connectivity index (χ0v) is 21.6. The second-order valence-corrected chi connectivity index (χ2v) is 12.2. The van der Waals surface area contributed by atoms with E-state index in [1.54, 1.807) is 19.3 Å². The number of allylic oxidation sites excluding steroid dienone is 3. The Morgan fingerprint density at radius 2 is 2.07 bits per heavy atom. The number of methoxy groups -OCH3 is 1. The Bertz CT molecular complexity index is 923. The van der Waals surface area contributed by atoms with E-state index < -0.39 is 6.17 Å². The van der Waals surface area contributed by atoms with Crippen molar-refractivity contribution in [1.82, 2.24) is 14.9 Å². The van der Waals surface area contributed by atoms with Crippen LogP contribution in [0.25, 0.3) is 10.9 Å². The van der Waals surface area contributed by atoms with Crippen molar-refractivity contribution in [2.24, 2.45) is 0 Å². The summed E-state index contributed by atoms with van der Waals surface area (Å²) in [6.07, 6.45) is 7.99. The molecule has 1 aromatic carbocycles. The smallest absolute Gasteiger partial charge is 0.309 e. The van der Waals surface area contributed by atoms with E-state index in [0.717, 1.165) is 36.0 Å². The third-order valence-corrected chi connectivity index (χ3v) is 9.88. The van der Waals surface area contributed by atoms with E-state index in [2.05, 4.69) is 52.9 Å². The van der Waals surface area contributed by atoms with Gasteiger partial charge in [0.1, 0.15) is 0 Å². The third kappa shape index (κ3) is 6.16. The Labute approximate surface area is 196 Å². The first-order valence-electron chi connectivity index (χ1n) is 9.67. The molecule has 1 N–H and O–H groups in total. The molecule has 0 aliphatic heterocycles. The zero-order chi connectivity index (χ0) is 21.5. The number of aromatic nitrogens is 2. The summed E-state index contributed by atoms with van der Waals surface area (Å²) in [5.74, 6) is 1.97. The van der Waals surface area contributed by atoms with Gasteiger partial charge in [0, 0.05) is 0 Å². The molecule has 1 aliphatic carbocycles. The summed E-state index contributed by atoms with van der Waals surface area (Å²) in [5, 5.41) is 4.15. The fraction of sp³-hybridized carbons (Fsp3) is 0.429. The van der Waals surface area contributed by atoms with E-state index >= 15 is 0 Å². The van der Waals surface area contributed by atoms with E-state index in [0.29, 0.717) is 23.9 Å². The zero-order valence-electron chi connectivity index (χ0n) is 17.2. The first kappa shape index (κ1) is 23.5. The second kappa shape index (κ2) is 11.4. The number of hydrogen-bond acceptors (Lipinski definition) is 6. The van der Waals surface area contributed by atoms with Crippen LogP contribution in [0.15, 0.2) is 42.4 Å². The molecule has 1 aliphatic rings. The fourth-order valence-electron chi connectivity index (χ4n) is 3.06. The first-order valence-corrected chi connectivity index (χ1v) is 17.2. The molecule has 1 aromatic heterocycles. The molecule has 6 nitrogen and oxygen atoms in total. The average Bonchev–Trinajstić information content (AvgIpc) is 2.74. The van der Waals surface area contributed by atoms with Crippen molar-refractivity contribution in [2.75, 3.05) is 39.7 Å². The molecule has 0 radical (unpaired) electrons. The molecule has 30 heavy (non-hydrogen) atoms. The van der Waals surface area contributed by atoms with Crippen molar-refractivity contribution in [3.05, 3.63) is 42.4 Å². The number of unbranched alkanes of at least 4 members (excludes halogenated alkanes) is 1. The summed E-state index contributed by atoms with van der Waals surface area (Å²) in [5.41, 5.74) is 1.61. The molecular weight excluding hydrogens is 613 g/mol. The van der Waals surface area contributed by atoms with Crippen LogP contribution < -0.4 is 32.0 Å². The van der Waals surface area contributed by atoms with Crippen molar-refractivity contribution < 1.29 is 31.1 Å². The molecule has 2 aromatic rings. The van der Waals surface area contributed by atoms with Gasteiger partial charge in [0.05, 0.1) is 0 Å². The summed E-state index contributed by atoms with van der Waals surface area (Å²) in [6.45, 7) is 1.66. The van der Waals surface area contributed by atoms with Gasteiger partial charge in [-0.2, -0.15) is 0 Å². The van der Waals surface area contributed by atoms with Crippen molar-refractivity contribution in [2.45, 2.75) is 22.9 Å². The average molecular weight is 639 g/mol. The quantitative estimate of drug-likeness (QED) is 0.241. The minimum absolute atomic E-state index is 0.0352. The van der Waals surface area contributed by atoms with Gasteiger partial charge in [0.15, 0.2) is 0 Å². The van der Waals surface area contributed by atoms with E-state index in [-0.39, 0.29) is 21.2 Å². The van der Waals surface area contributed by atoms with Gasteiger partial charge in [-0.1, -0.05) is 0 Å². The van der Waals surface area contributed by atoms with Crippen LogP contribution in [0.1, 0.15) is 12.8 Å². The molecule has 0 spiro atoms. The molecule has 0 saturated carbocycles. The molecule has 0 amide bonds. The predicted molar refractivity (Wildman–Crippen MR) is 123 cm³/mol. The van der Waals surface area contributed by atoms with Crippen LogP contribution in [0.3, 0.4) is 0 Å². The Balaban J connectivity index is 1.78. The van der Waals surface area contributed by atoms with Crippen molar-refractivity contribution in [3.63, 3.8) is 0 Å². The van der Waals surface area contributed by atoms with Gasteiger partial charge in [0.25, 0.3) is 0 Å². The molecular formula is C21H26FI2N4O2-. The van der Waals surface area contributed by atoms with Crippen LogP contribution in [0.2, 0.25) is 0 Å². The van der Waals surface area contributed by atoms with Gasteiger partial charge < -0.3 is 4.90 Å². The summed E-state index contributed by atoms with van der Waals surface area (Å²) >= 11 is 2.05. The number of rotatable bonds is 10. The molecule has 1 heterocycles. The standard InChI is InChI=1S/C21H26FI2N4O2/c1-28(2)8-4-5-9-30-20-12-18-15(11-19(20)29-3)21(26-13-25-18)27-14-6-7-16(22)17(10-14)24-23/h6-7,10-13,16-17H,4-5,8-9H2,1-3H3,(H,25,26,27)/q-1. The Kier molecular flexibility index (Phi) is 8.93. The number of fused-ring (bicyclic) bond motifs is 1. The normalized spacial score (nSPS) is 18.7. The minimum Gasteiger partial charge on any atom is -0.309 e. The van der Waals surface area contributed by atoms with Gasteiger partial charge in [-0.15, -0.1) is 0 Å². The first-order chi connectivity index (χ1) is 14.5. The van der Waals surface area contributed by atoms with Gasteiger partial charge in [0.2, 0.25) is 0 Å². The Hall–Kier alpha value is -1.21. The van der Waals surface area contributed by atoms with Crippen LogP contribution in [0.4, 0.5) is 10.2 Å². The Morgan fingerprint density at radius 3 is 2.80 bits per heavy atom. The molecule has 164 valence electrons. The van der Waals surface area contributed by atoms with Crippen molar-refractivity contribution >= 4 is 35.3 Å². The number of ether oxygens (including phenoxy) is 2. The minimum atomic E-state index is -0.903. The van der Waals surface area contributed by atoms with Gasteiger partial charge in [-0.05, 0) is 27.1 Å². The molecule has 0 bridgehead atoms. The van der Waals surface area contributed by atoms with Crippen LogP contribution in [0.5, 0.6) is 11.5 Å². The van der Waals surface area contributed by atoms with Crippen molar-refractivity contribution in [3.8, 4) is 11.5 Å². The molecule has 0 fully saturated rings. The van der Waals surface area contributed by atoms with Gasteiger partial charge >= 0.3 is 166 Å². The van der Waals surface area contributed by atoms with Gasteiger partial charge in [-0.3, -0.25) is 0 Å². The monoisotopic (exact) mass is 639 g/mol. The number of halogens is 3. The third-order valence-electron chi connectivity index (χ3n) is 4.64. The summed E-state index contributed by atoms with van der Waals surface area (Å²) in [7, 11) is 5.76. The maximum atomic E-state index is 14.0. The van der Waals surface area contributed by atoms with E-state index in [4.69, 9.17) is 9.47 Å². The molecule has 0 saturated heterocycles. The number of nitrogens with zero attached hydrogens (tertiary/aromatic N) is 3. The number of benzene rings is 1. The Morgan fingerprint density at radius 1 is 1.23 bits per heavy atom. The van der Waals surface area contributed by atoms with Crippen molar-refractivity contribution in [1.29, 1.82) is 0 Å². The molecule has 3 rings (SSSR count). The summed E-state index contributed by atoms with van der Waals surface area (Å²) in [6, 6.07) is 3.77. The maximum absolute atomic E-state index is 14.0. The summed E-state index contributed by atoms with van der Waals surface area (Å²) in [4.78, 5) is 11.0. The fourth-order valence-corrected chi connectivity index (χ4v) is 6.73. The molecule has 9 heteroatoms. The van der Waals surface area contributed by atoms with Crippen LogP contribution >= 0.6 is 18.6 Å². The molecule has 2 atom stereocenters.